The molecule has 2 aromatic carbocycles. The second kappa shape index (κ2) is 5.07. The van der Waals surface area contributed by atoms with Crippen LogP contribution in [0.1, 0.15) is 23.1 Å². The van der Waals surface area contributed by atoms with Crippen molar-refractivity contribution in [3.8, 4) is 6.07 Å². The molecular weight excluding hydrogens is 300 g/mol. The SMILES string of the molecule is N#Cc1cc(Br)cc(Nc2ccc3c(c2)CCC3)c1. The summed E-state index contributed by atoms with van der Waals surface area (Å²) in [6.07, 6.45) is 3.63. The summed E-state index contributed by atoms with van der Waals surface area (Å²) in [5.74, 6) is 0. The topological polar surface area (TPSA) is 35.8 Å². The van der Waals surface area contributed by atoms with Crippen LogP contribution in [-0.2, 0) is 12.8 Å². The molecule has 1 aliphatic carbocycles. The van der Waals surface area contributed by atoms with Crippen LogP contribution in [0.25, 0.3) is 0 Å². The Morgan fingerprint density at radius 3 is 2.68 bits per heavy atom. The highest BCUT2D eigenvalue weighted by Gasteiger charge is 2.10. The highest BCUT2D eigenvalue weighted by Crippen LogP contribution is 2.28. The third-order valence-corrected chi connectivity index (χ3v) is 3.87. The van der Waals surface area contributed by atoms with Crippen molar-refractivity contribution in [2.75, 3.05) is 5.32 Å². The van der Waals surface area contributed by atoms with Crippen molar-refractivity contribution in [1.82, 2.24) is 0 Å². The number of benzene rings is 2. The second-order valence-corrected chi connectivity index (χ2v) is 5.72. The predicted molar refractivity (Wildman–Crippen MR) is 80.6 cm³/mol. The average molecular weight is 313 g/mol. The fourth-order valence-electron chi connectivity index (χ4n) is 2.54. The summed E-state index contributed by atoms with van der Waals surface area (Å²) in [6, 6.07) is 14.3. The lowest BCUT2D eigenvalue weighted by Gasteiger charge is -2.09. The van der Waals surface area contributed by atoms with Gasteiger partial charge in [-0.1, -0.05) is 22.0 Å². The molecular formula is C16H13BrN2. The van der Waals surface area contributed by atoms with E-state index in [0.717, 1.165) is 15.8 Å². The first kappa shape index (κ1) is 12.3. The maximum atomic E-state index is 8.98. The van der Waals surface area contributed by atoms with Crippen LogP contribution in [0.5, 0.6) is 0 Å². The molecule has 0 atom stereocenters. The fraction of sp³-hybridized carbons (Fsp3) is 0.188. The van der Waals surface area contributed by atoms with Gasteiger partial charge in [0.25, 0.3) is 0 Å². The maximum absolute atomic E-state index is 8.98. The van der Waals surface area contributed by atoms with Crippen molar-refractivity contribution in [3.63, 3.8) is 0 Å². The molecule has 3 heteroatoms. The van der Waals surface area contributed by atoms with E-state index in [0.29, 0.717) is 5.56 Å². The summed E-state index contributed by atoms with van der Waals surface area (Å²) in [4.78, 5) is 0. The minimum Gasteiger partial charge on any atom is -0.355 e. The molecule has 0 spiro atoms. The van der Waals surface area contributed by atoms with Crippen LogP contribution < -0.4 is 5.32 Å². The average Bonchev–Trinajstić information content (AvgIpc) is 2.85. The fourth-order valence-corrected chi connectivity index (χ4v) is 3.04. The summed E-state index contributed by atoms with van der Waals surface area (Å²) in [5.41, 5.74) is 5.59. The van der Waals surface area contributed by atoms with Gasteiger partial charge in [0.1, 0.15) is 0 Å². The van der Waals surface area contributed by atoms with Crippen LogP contribution in [0.2, 0.25) is 0 Å². The number of nitriles is 1. The minimum atomic E-state index is 0.651. The number of nitrogens with one attached hydrogen (secondary N) is 1. The molecule has 0 unspecified atom stereocenters. The van der Waals surface area contributed by atoms with Crippen molar-refractivity contribution in [3.05, 3.63) is 57.6 Å². The quantitative estimate of drug-likeness (QED) is 0.882. The lowest BCUT2D eigenvalue weighted by molar-refractivity contribution is 0.912. The first-order valence-electron chi connectivity index (χ1n) is 6.34. The molecule has 0 saturated carbocycles. The molecule has 1 aliphatic rings. The largest absolute Gasteiger partial charge is 0.355 e. The van der Waals surface area contributed by atoms with Gasteiger partial charge in [0.05, 0.1) is 11.6 Å². The van der Waals surface area contributed by atoms with Gasteiger partial charge in [-0.2, -0.15) is 5.26 Å². The van der Waals surface area contributed by atoms with Crippen molar-refractivity contribution < 1.29 is 0 Å². The van der Waals surface area contributed by atoms with Crippen molar-refractivity contribution in [2.24, 2.45) is 0 Å². The standard InChI is InChI=1S/C16H13BrN2/c17-14-6-11(10-18)7-16(9-14)19-15-5-4-12-2-1-3-13(12)8-15/h4-9,19H,1-3H2. The van der Waals surface area contributed by atoms with Crippen LogP contribution in [0.3, 0.4) is 0 Å². The maximum Gasteiger partial charge on any atom is 0.0992 e. The monoisotopic (exact) mass is 312 g/mol. The van der Waals surface area contributed by atoms with Gasteiger partial charge >= 0.3 is 0 Å². The van der Waals surface area contributed by atoms with E-state index in [1.54, 1.807) is 0 Å². The van der Waals surface area contributed by atoms with Crippen LogP contribution in [0.4, 0.5) is 11.4 Å². The smallest absolute Gasteiger partial charge is 0.0992 e. The molecule has 0 saturated heterocycles. The molecule has 3 rings (SSSR count). The summed E-state index contributed by atoms with van der Waals surface area (Å²) < 4.78 is 0.912. The van der Waals surface area contributed by atoms with E-state index >= 15 is 0 Å². The highest BCUT2D eigenvalue weighted by atomic mass is 79.9. The van der Waals surface area contributed by atoms with Crippen molar-refractivity contribution in [2.45, 2.75) is 19.3 Å². The lowest BCUT2D eigenvalue weighted by atomic mass is 10.1. The minimum absolute atomic E-state index is 0.651. The molecule has 0 amide bonds. The molecule has 0 bridgehead atoms. The van der Waals surface area contributed by atoms with Crippen molar-refractivity contribution in [1.29, 1.82) is 5.26 Å². The van der Waals surface area contributed by atoms with Crippen LogP contribution in [0.15, 0.2) is 40.9 Å². The molecule has 94 valence electrons. The van der Waals surface area contributed by atoms with Gasteiger partial charge in [-0.3, -0.25) is 0 Å². The molecule has 0 heterocycles. The summed E-state index contributed by atoms with van der Waals surface area (Å²) >= 11 is 3.43. The molecule has 0 radical (unpaired) electrons. The molecule has 19 heavy (non-hydrogen) atoms. The van der Waals surface area contributed by atoms with E-state index < -0.39 is 0 Å². The Hall–Kier alpha value is -1.79. The third-order valence-electron chi connectivity index (χ3n) is 3.41. The third kappa shape index (κ3) is 2.64. The molecule has 0 aliphatic heterocycles. The number of anilines is 2. The second-order valence-electron chi connectivity index (χ2n) is 4.80. The number of rotatable bonds is 2. The van der Waals surface area contributed by atoms with E-state index in [1.165, 1.54) is 30.4 Å². The Morgan fingerprint density at radius 2 is 1.84 bits per heavy atom. The van der Waals surface area contributed by atoms with Gasteiger partial charge in [0.15, 0.2) is 0 Å². The van der Waals surface area contributed by atoms with Gasteiger partial charge in [0.2, 0.25) is 0 Å². The number of hydrogen-bond acceptors (Lipinski definition) is 2. The number of nitrogens with zero attached hydrogens (tertiary/aromatic N) is 1. The summed E-state index contributed by atoms with van der Waals surface area (Å²) in [6.45, 7) is 0. The Kier molecular flexibility index (Phi) is 3.27. The summed E-state index contributed by atoms with van der Waals surface area (Å²) in [5, 5.41) is 12.3. The normalized spacial score (nSPS) is 12.8. The van der Waals surface area contributed by atoms with Gasteiger partial charge in [-0.25, -0.2) is 0 Å². The Morgan fingerprint density at radius 1 is 1.00 bits per heavy atom. The van der Waals surface area contributed by atoms with Crippen LogP contribution >= 0.6 is 15.9 Å². The number of hydrogen-bond donors (Lipinski definition) is 1. The highest BCUT2D eigenvalue weighted by molar-refractivity contribution is 9.10. The Balaban J connectivity index is 1.89. The molecule has 2 nitrogen and oxygen atoms in total. The van der Waals surface area contributed by atoms with E-state index in [-0.39, 0.29) is 0 Å². The van der Waals surface area contributed by atoms with E-state index in [9.17, 15) is 0 Å². The Labute approximate surface area is 121 Å². The first-order valence-corrected chi connectivity index (χ1v) is 7.13. The Bertz CT molecular complexity index is 671. The zero-order valence-corrected chi connectivity index (χ0v) is 12.0. The van der Waals surface area contributed by atoms with E-state index in [1.807, 2.05) is 18.2 Å². The van der Waals surface area contributed by atoms with Crippen LogP contribution in [-0.4, -0.2) is 0 Å². The summed E-state index contributed by atoms with van der Waals surface area (Å²) in [7, 11) is 0. The number of fused-ring (bicyclic) bond motifs is 1. The lowest BCUT2D eigenvalue weighted by Crippen LogP contribution is -1.93. The zero-order valence-electron chi connectivity index (χ0n) is 10.4. The number of aryl methyl sites for hydroxylation is 2. The van der Waals surface area contributed by atoms with E-state index in [2.05, 4.69) is 45.5 Å². The van der Waals surface area contributed by atoms with Gasteiger partial charge in [0, 0.05) is 15.8 Å². The van der Waals surface area contributed by atoms with Crippen LogP contribution in [0, 0.1) is 11.3 Å². The van der Waals surface area contributed by atoms with Gasteiger partial charge in [-0.05, 0) is 60.7 Å². The molecule has 1 N–H and O–H groups in total. The molecule has 2 aromatic rings. The first-order chi connectivity index (χ1) is 9.24. The van der Waals surface area contributed by atoms with Crippen molar-refractivity contribution >= 4 is 27.3 Å². The van der Waals surface area contributed by atoms with E-state index in [4.69, 9.17) is 5.26 Å². The predicted octanol–water partition coefficient (Wildman–Crippen LogP) is 4.55. The molecule has 0 fully saturated rings. The molecule has 0 aromatic heterocycles. The van der Waals surface area contributed by atoms with Gasteiger partial charge < -0.3 is 5.32 Å². The van der Waals surface area contributed by atoms with Gasteiger partial charge in [-0.15, -0.1) is 0 Å². The zero-order chi connectivity index (χ0) is 13.2. The number of halogens is 1.